The normalized spacial score (nSPS) is 19.6. The minimum Gasteiger partial charge on any atom is -0.481 e. The number of nitrogens with zero attached hydrogens (tertiary/aromatic N) is 2. The predicted molar refractivity (Wildman–Crippen MR) is 93.8 cm³/mol. The fourth-order valence-corrected chi connectivity index (χ4v) is 2.99. The van der Waals surface area contributed by atoms with Crippen LogP contribution in [0.2, 0.25) is 0 Å². The number of hydrogen-bond donors (Lipinski definition) is 2. The number of rotatable bonds is 4. The molecule has 0 saturated carbocycles. The Morgan fingerprint density at radius 3 is 2.76 bits per heavy atom. The molecule has 1 fully saturated rings. The Balaban J connectivity index is 1.61. The number of hydrogen-bond acceptors (Lipinski definition) is 3. The van der Waals surface area contributed by atoms with E-state index < -0.39 is 11.4 Å². The molecule has 6 nitrogen and oxygen atoms in total. The van der Waals surface area contributed by atoms with Gasteiger partial charge in [-0.05, 0) is 42.2 Å². The van der Waals surface area contributed by atoms with Crippen LogP contribution in [0, 0.1) is 5.41 Å². The van der Waals surface area contributed by atoms with Crippen LogP contribution in [-0.4, -0.2) is 40.1 Å². The molecule has 6 heteroatoms. The van der Waals surface area contributed by atoms with E-state index in [9.17, 15) is 14.7 Å². The molecule has 2 amide bonds. The number of nitrogens with one attached hydrogen (secondary N) is 1. The summed E-state index contributed by atoms with van der Waals surface area (Å²) in [6, 6.07) is 11.6. The predicted octanol–water partition coefficient (Wildman–Crippen LogP) is 2.75. The molecule has 2 aromatic rings. The molecule has 1 aromatic heterocycles. The highest BCUT2D eigenvalue weighted by Crippen LogP contribution is 2.30. The first-order valence-corrected chi connectivity index (χ1v) is 8.23. The van der Waals surface area contributed by atoms with Crippen molar-refractivity contribution in [2.45, 2.75) is 19.9 Å². The smallest absolute Gasteiger partial charge is 0.317 e. The lowest BCUT2D eigenvalue weighted by atomic mass is 9.90. The third kappa shape index (κ3) is 3.79. The summed E-state index contributed by atoms with van der Waals surface area (Å²) < 4.78 is 0. The second-order valence-electron chi connectivity index (χ2n) is 6.64. The first-order chi connectivity index (χ1) is 12.0. The van der Waals surface area contributed by atoms with E-state index in [1.807, 2.05) is 36.4 Å². The zero-order valence-corrected chi connectivity index (χ0v) is 14.1. The lowest BCUT2D eigenvalue weighted by Gasteiger charge is -2.20. The maximum Gasteiger partial charge on any atom is 0.317 e. The van der Waals surface area contributed by atoms with Gasteiger partial charge in [-0.15, -0.1) is 0 Å². The lowest BCUT2D eigenvalue weighted by molar-refractivity contribution is -0.147. The summed E-state index contributed by atoms with van der Waals surface area (Å²) in [7, 11) is 0. The van der Waals surface area contributed by atoms with Crippen LogP contribution in [0.1, 0.15) is 18.9 Å². The zero-order chi connectivity index (χ0) is 17.9. The zero-order valence-electron chi connectivity index (χ0n) is 14.1. The van der Waals surface area contributed by atoms with Gasteiger partial charge in [0.1, 0.15) is 0 Å². The molecule has 1 unspecified atom stereocenters. The van der Waals surface area contributed by atoms with E-state index in [-0.39, 0.29) is 12.6 Å². The van der Waals surface area contributed by atoms with Crippen molar-refractivity contribution in [3.05, 3.63) is 54.4 Å². The van der Waals surface area contributed by atoms with Gasteiger partial charge < -0.3 is 15.3 Å². The standard InChI is InChI=1S/C19H21N3O3/c1-19(17(23)24)7-9-22(13-19)18(25)21-11-14-4-2-5-15(10-14)16-6-3-8-20-12-16/h2-6,8,10,12H,7,9,11,13H2,1H3,(H,21,25)(H,23,24). The fourth-order valence-electron chi connectivity index (χ4n) is 2.99. The molecular weight excluding hydrogens is 318 g/mol. The van der Waals surface area contributed by atoms with Crippen molar-refractivity contribution in [1.29, 1.82) is 0 Å². The SMILES string of the molecule is CC1(C(=O)O)CCN(C(=O)NCc2cccc(-c3cccnc3)c2)C1. The molecular formula is C19H21N3O3. The number of aromatic nitrogens is 1. The first kappa shape index (κ1) is 17.0. The van der Waals surface area contributed by atoms with Crippen molar-refractivity contribution < 1.29 is 14.7 Å². The van der Waals surface area contributed by atoms with E-state index in [0.717, 1.165) is 16.7 Å². The van der Waals surface area contributed by atoms with Crippen molar-refractivity contribution >= 4 is 12.0 Å². The molecule has 0 aliphatic carbocycles. The van der Waals surface area contributed by atoms with Gasteiger partial charge in [0.25, 0.3) is 0 Å². The number of pyridine rings is 1. The van der Waals surface area contributed by atoms with Gasteiger partial charge in [0, 0.05) is 32.0 Å². The van der Waals surface area contributed by atoms with Crippen molar-refractivity contribution in [2.24, 2.45) is 5.41 Å². The quantitative estimate of drug-likeness (QED) is 0.897. The molecule has 0 spiro atoms. The molecule has 3 rings (SSSR count). The van der Waals surface area contributed by atoms with Crippen LogP contribution in [0.5, 0.6) is 0 Å². The molecule has 1 aliphatic rings. The second kappa shape index (κ2) is 6.93. The summed E-state index contributed by atoms with van der Waals surface area (Å²) in [5.74, 6) is -0.855. The number of likely N-dealkylation sites (tertiary alicyclic amines) is 1. The Morgan fingerprint density at radius 2 is 2.08 bits per heavy atom. The van der Waals surface area contributed by atoms with Crippen LogP contribution in [0.3, 0.4) is 0 Å². The Labute approximate surface area is 146 Å². The van der Waals surface area contributed by atoms with Gasteiger partial charge in [0.2, 0.25) is 0 Å². The lowest BCUT2D eigenvalue weighted by Crippen LogP contribution is -2.40. The molecule has 0 bridgehead atoms. The topological polar surface area (TPSA) is 82.5 Å². The molecule has 2 N–H and O–H groups in total. The van der Waals surface area contributed by atoms with Crippen LogP contribution in [0.25, 0.3) is 11.1 Å². The van der Waals surface area contributed by atoms with Crippen molar-refractivity contribution in [2.75, 3.05) is 13.1 Å². The van der Waals surface area contributed by atoms with Gasteiger partial charge in [-0.2, -0.15) is 0 Å². The van der Waals surface area contributed by atoms with Gasteiger partial charge in [-0.1, -0.05) is 24.3 Å². The fraction of sp³-hybridized carbons (Fsp3) is 0.316. The minimum absolute atomic E-state index is 0.225. The van der Waals surface area contributed by atoms with E-state index in [1.165, 1.54) is 0 Å². The summed E-state index contributed by atoms with van der Waals surface area (Å²) in [4.78, 5) is 29.3. The average Bonchev–Trinajstić information content (AvgIpc) is 3.05. The maximum absolute atomic E-state index is 12.3. The molecule has 1 atom stereocenters. The Bertz CT molecular complexity index is 778. The molecule has 130 valence electrons. The number of carboxylic acids is 1. The Hall–Kier alpha value is -2.89. The van der Waals surface area contributed by atoms with Crippen LogP contribution >= 0.6 is 0 Å². The summed E-state index contributed by atoms with van der Waals surface area (Å²) in [5.41, 5.74) is 2.19. The van der Waals surface area contributed by atoms with Crippen LogP contribution in [0.4, 0.5) is 4.79 Å². The largest absolute Gasteiger partial charge is 0.481 e. The molecule has 0 radical (unpaired) electrons. The number of urea groups is 1. The van der Waals surface area contributed by atoms with E-state index >= 15 is 0 Å². The second-order valence-corrected chi connectivity index (χ2v) is 6.64. The summed E-state index contributed by atoms with van der Waals surface area (Å²) in [6.45, 7) is 2.78. The van der Waals surface area contributed by atoms with E-state index in [0.29, 0.717) is 19.5 Å². The highest BCUT2D eigenvalue weighted by molar-refractivity contribution is 5.79. The maximum atomic E-state index is 12.3. The van der Waals surface area contributed by atoms with Crippen molar-refractivity contribution in [3.63, 3.8) is 0 Å². The molecule has 1 aliphatic heterocycles. The number of carbonyl (C=O) groups is 2. The Morgan fingerprint density at radius 1 is 1.28 bits per heavy atom. The summed E-state index contributed by atoms with van der Waals surface area (Å²) in [6.07, 6.45) is 4.01. The summed E-state index contributed by atoms with van der Waals surface area (Å²) in [5, 5.41) is 12.1. The molecule has 25 heavy (non-hydrogen) atoms. The number of aliphatic carboxylic acids is 1. The molecule has 1 aromatic carbocycles. The van der Waals surface area contributed by atoms with Crippen LogP contribution in [-0.2, 0) is 11.3 Å². The highest BCUT2D eigenvalue weighted by Gasteiger charge is 2.42. The first-order valence-electron chi connectivity index (χ1n) is 8.23. The third-order valence-electron chi connectivity index (χ3n) is 4.64. The van der Waals surface area contributed by atoms with Gasteiger partial charge in [0.05, 0.1) is 5.41 Å². The molecule has 1 saturated heterocycles. The van der Waals surface area contributed by atoms with Crippen LogP contribution in [0.15, 0.2) is 48.8 Å². The van der Waals surface area contributed by atoms with Gasteiger partial charge in [-0.3, -0.25) is 9.78 Å². The minimum atomic E-state index is -0.855. The number of benzene rings is 1. The highest BCUT2D eigenvalue weighted by atomic mass is 16.4. The van der Waals surface area contributed by atoms with Gasteiger partial charge in [0.15, 0.2) is 0 Å². The van der Waals surface area contributed by atoms with E-state index in [2.05, 4.69) is 10.3 Å². The van der Waals surface area contributed by atoms with E-state index in [4.69, 9.17) is 0 Å². The monoisotopic (exact) mass is 339 g/mol. The van der Waals surface area contributed by atoms with E-state index in [1.54, 1.807) is 24.2 Å². The van der Waals surface area contributed by atoms with Crippen molar-refractivity contribution in [3.8, 4) is 11.1 Å². The average molecular weight is 339 g/mol. The number of carbonyl (C=O) groups excluding carboxylic acids is 1. The Kier molecular flexibility index (Phi) is 4.70. The summed E-state index contributed by atoms with van der Waals surface area (Å²) >= 11 is 0. The number of carboxylic acid groups (broad SMARTS) is 1. The third-order valence-corrected chi connectivity index (χ3v) is 4.64. The van der Waals surface area contributed by atoms with Gasteiger partial charge in [-0.25, -0.2) is 4.79 Å². The number of amides is 2. The van der Waals surface area contributed by atoms with Crippen molar-refractivity contribution in [1.82, 2.24) is 15.2 Å². The van der Waals surface area contributed by atoms with Gasteiger partial charge >= 0.3 is 12.0 Å². The van der Waals surface area contributed by atoms with Crippen LogP contribution < -0.4 is 5.32 Å². The molecule has 2 heterocycles.